The molecule has 6 rings (SSSR count). The van der Waals surface area contributed by atoms with Crippen molar-refractivity contribution in [1.29, 1.82) is 0 Å². The minimum absolute atomic E-state index is 0.181. The number of benzene rings is 3. The normalized spacial score (nSPS) is 16.8. The molecule has 0 saturated carbocycles. The lowest BCUT2D eigenvalue weighted by Crippen LogP contribution is -2.12. The average molecular weight is 518 g/mol. The predicted octanol–water partition coefficient (Wildman–Crippen LogP) is 6.01. The number of hydrogen-bond acceptors (Lipinski definition) is 4. The zero-order valence-corrected chi connectivity index (χ0v) is 21.4. The molecule has 39 heavy (non-hydrogen) atoms. The number of carbonyl (C=O) groups is 3. The fourth-order valence-corrected chi connectivity index (χ4v) is 5.45. The Morgan fingerprint density at radius 1 is 0.974 bits per heavy atom. The highest BCUT2D eigenvalue weighted by Crippen LogP contribution is 2.39. The molecule has 1 aliphatic carbocycles. The van der Waals surface area contributed by atoms with Gasteiger partial charge in [-0.3, -0.25) is 9.59 Å². The Bertz CT molecular complexity index is 1620. The number of amides is 2. The highest BCUT2D eigenvalue weighted by molar-refractivity contribution is 6.35. The molecule has 1 atom stereocenters. The molecule has 2 heterocycles. The quantitative estimate of drug-likeness (QED) is 0.223. The van der Waals surface area contributed by atoms with Crippen molar-refractivity contribution < 1.29 is 19.1 Å². The van der Waals surface area contributed by atoms with Crippen LogP contribution in [0.5, 0.6) is 0 Å². The lowest BCUT2D eigenvalue weighted by Gasteiger charge is -2.22. The lowest BCUT2D eigenvalue weighted by atomic mass is 9.82. The van der Waals surface area contributed by atoms with Gasteiger partial charge in [0.1, 0.15) is 0 Å². The Labute approximate surface area is 225 Å². The van der Waals surface area contributed by atoms with Gasteiger partial charge in [0.2, 0.25) is 0 Å². The van der Waals surface area contributed by atoms with Gasteiger partial charge in [-0.05, 0) is 85.0 Å². The van der Waals surface area contributed by atoms with Gasteiger partial charge in [-0.1, -0.05) is 30.3 Å². The summed E-state index contributed by atoms with van der Waals surface area (Å²) in [6, 6.07) is 24.3. The Morgan fingerprint density at radius 2 is 1.74 bits per heavy atom. The number of anilines is 2. The fourth-order valence-electron chi connectivity index (χ4n) is 5.45. The SMILES string of the molecule is COC(=O)c1ccc(C(=O)Nc2ccc3c(c2)C(=Cc2cc4c([nH]2)CCCC4c2ccccc2)C(=O)N3)cc1. The Balaban J connectivity index is 1.26. The number of ether oxygens (including phenoxy) is 1. The van der Waals surface area contributed by atoms with Crippen LogP contribution in [-0.2, 0) is 16.0 Å². The van der Waals surface area contributed by atoms with Gasteiger partial charge in [0, 0.05) is 39.8 Å². The maximum absolute atomic E-state index is 12.9. The number of H-pyrrole nitrogens is 1. The van der Waals surface area contributed by atoms with Crippen molar-refractivity contribution in [1.82, 2.24) is 4.98 Å². The standard InChI is InChI=1S/C32H27N3O4/c1-39-32(38)21-12-10-20(11-13-21)30(36)34-22-14-15-29-26(16-22)27(31(37)35-29)18-23-17-25-24(8-5-9-28(25)33-23)19-6-3-2-4-7-19/h2-4,6-7,10-18,24,33H,5,8-9H2,1H3,(H,34,36)(H,35,37). The second-order valence-electron chi connectivity index (χ2n) is 9.81. The first-order chi connectivity index (χ1) is 19.0. The molecule has 0 spiro atoms. The summed E-state index contributed by atoms with van der Waals surface area (Å²) in [5.41, 5.74) is 8.01. The molecule has 1 aromatic heterocycles. The van der Waals surface area contributed by atoms with Crippen LogP contribution < -0.4 is 10.6 Å². The molecular formula is C32H27N3O4. The minimum Gasteiger partial charge on any atom is -0.465 e. The first kappa shape index (κ1) is 24.4. The van der Waals surface area contributed by atoms with E-state index >= 15 is 0 Å². The fraction of sp³-hybridized carbons (Fsp3) is 0.156. The number of aromatic nitrogens is 1. The Kier molecular flexibility index (Phi) is 6.32. The zero-order valence-electron chi connectivity index (χ0n) is 21.4. The van der Waals surface area contributed by atoms with Crippen LogP contribution in [0.1, 0.15) is 67.6 Å². The molecule has 3 aromatic carbocycles. The van der Waals surface area contributed by atoms with E-state index in [0.717, 1.165) is 30.5 Å². The van der Waals surface area contributed by atoms with Crippen LogP contribution in [0.2, 0.25) is 0 Å². The number of aromatic amines is 1. The van der Waals surface area contributed by atoms with Crippen molar-refractivity contribution in [2.45, 2.75) is 25.2 Å². The summed E-state index contributed by atoms with van der Waals surface area (Å²) in [5.74, 6) is -0.626. The van der Waals surface area contributed by atoms with Crippen LogP contribution in [0.15, 0.2) is 78.9 Å². The van der Waals surface area contributed by atoms with Crippen molar-refractivity contribution in [2.24, 2.45) is 0 Å². The summed E-state index contributed by atoms with van der Waals surface area (Å²) >= 11 is 0. The van der Waals surface area contributed by atoms with Crippen LogP contribution in [0.4, 0.5) is 11.4 Å². The van der Waals surface area contributed by atoms with Crippen LogP contribution in [0.3, 0.4) is 0 Å². The topological polar surface area (TPSA) is 100 Å². The lowest BCUT2D eigenvalue weighted by molar-refractivity contribution is -0.110. The zero-order chi connectivity index (χ0) is 26.9. The van der Waals surface area contributed by atoms with Crippen molar-refractivity contribution in [3.8, 4) is 0 Å². The van der Waals surface area contributed by atoms with E-state index in [2.05, 4.69) is 45.9 Å². The van der Waals surface area contributed by atoms with Crippen molar-refractivity contribution >= 4 is 40.8 Å². The summed E-state index contributed by atoms with van der Waals surface area (Å²) < 4.78 is 4.70. The highest BCUT2D eigenvalue weighted by Gasteiger charge is 2.27. The maximum Gasteiger partial charge on any atom is 0.337 e. The van der Waals surface area contributed by atoms with Crippen molar-refractivity contribution in [3.63, 3.8) is 0 Å². The van der Waals surface area contributed by atoms with E-state index in [4.69, 9.17) is 4.74 Å². The molecule has 3 N–H and O–H groups in total. The van der Waals surface area contributed by atoms with E-state index in [1.54, 1.807) is 42.5 Å². The van der Waals surface area contributed by atoms with Gasteiger partial charge in [0.05, 0.1) is 18.2 Å². The van der Waals surface area contributed by atoms with Gasteiger partial charge in [0.25, 0.3) is 11.8 Å². The monoisotopic (exact) mass is 517 g/mol. The molecule has 7 nitrogen and oxygen atoms in total. The average Bonchev–Trinajstić information content (AvgIpc) is 3.53. The molecule has 2 amide bonds. The van der Waals surface area contributed by atoms with E-state index in [0.29, 0.717) is 34.0 Å². The third-order valence-electron chi connectivity index (χ3n) is 7.38. The number of carbonyl (C=O) groups excluding carboxylic acids is 3. The molecule has 1 unspecified atom stereocenters. The summed E-state index contributed by atoms with van der Waals surface area (Å²) in [5, 5.41) is 5.81. The Morgan fingerprint density at radius 3 is 2.51 bits per heavy atom. The van der Waals surface area contributed by atoms with E-state index < -0.39 is 5.97 Å². The van der Waals surface area contributed by atoms with Crippen LogP contribution in [0, 0.1) is 0 Å². The molecule has 194 valence electrons. The van der Waals surface area contributed by atoms with Crippen LogP contribution >= 0.6 is 0 Å². The third-order valence-corrected chi connectivity index (χ3v) is 7.38. The third kappa shape index (κ3) is 4.75. The number of aryl methyl sites for hydroxylation is 1. The molecule has 0 fully saturated rings. The van der Waals surface area contributed by atoms with Gasteiger partial charge in [0.15, 0.2) is 0 Å². The van der Waals surface area contributed by atoms with E-state index in [9.17, 15) is 14.4 Å². The molecule has 7 heteroatoms. The first-order valence-corrected chi connectivity index (χ1v) is 12.9. The van der Waals surface area contributed by atoms with Crippen LogP contribution in [0.25, 0.3) is 11.6 Å². The number of esters is 1. The second-order valence-corrected chi connectivity index (χ2v) is 9.81. The summed E-state index contributed by atoms with van der Waals surface area (Å²) in [6.07, 6.45) is 5.09. The van der Waals surface area contributed by atoms with Crippen LogP contribution in [-0.4, -0.2) is 29.9 Å². The molecule has 1 aliphatic heterocycles. The molecule has 2 aliphatic rings. The summed E-state index contributed by atoms with van der Waals surface area (Å²) in [6.45, 7) is 0. The highest BCUT2D eigenvalue weighted by atomic mass is 16.5. The second kappa shape index (κ2) is 10.1. The van der Waals surface area contributed by atoms with Crippen molar-refractivity contribution in [2.75, 3.05) is 17.7 Å². The molecule has 0 saturated heterocycles. The largest absolute Gasteiger partial charge is 0.465 e. The number of rotatable bonds is 5. The molecule has 4 aromatic rings. The van der Waals surface area contributed by atoms with Gasteiger partial charge in [-0.25, -0.2) is 4.79 Å². The van der Waals surface area contributed by atoms with Crippen molar-refractivity contribution in [3.05, 3.63) is 118 Å². The van der Waals surface area contributed by atoms with E-state index in [1.807, 2.05) is 12.1 Å². The molecule has 0 radical (unpaired) electrons. The number of hydrogen-bond donors (Lipinski definition) is 3. The minimum atomic E-state index is -0.462. The van der Waals surface area contributed by atoms with Gasteiger partial charge < -0.3 is 20.4 Å². The first-order valence-electron chi connectivity index (χ1n) is 12.9. The predicted molar refractivity (Wildman–Crippen MR) is 151 cm³/mol. The number of fused-ring (bicyclic) bond motifs is 2. The molecular weight excluding hydrogens is 490 g/mol. The van der Waals surface area contributed by atoms with Gasteiger partial charge in [-0.15, -0.1) is 0 Å². The van der Waals surface area contributed by atoms with E-state index in [1.165, 1.54) is 23.9 Å². The van der Waals surface area contributed by atoms with Gasteiger partial charge in [-0.2, -0.15) is 0 Å². The molecule has 0 bridgehead atoms. The number of methoxy groups -OCH3 is 1. The van der Waals surface area contributed by atoms with Gasteiger partial charge >= 0.3 is 5.97 Å². The Hall–Kier alpha value is -4.91. The smallest absolute Gasteiger partial charge is 0.337 e. The summed E-state index contributed by atoms with van der Waals surface area (Å²) in [7, 11) is 1.31. The summed E-state index contributed by atoms with van der Waals surface area (Å²) in [4.78, 5) is 40.9. The maximum atomic E-state index is 12.9. The number of nitrogens with one attached hydrogen (secondary N) is 3. The van der Waals surface area contributed by atoms with E-state index in [-0.39, 0.29) is 11.8 Å².